The molecule has 0 N–H and O–H groups in total. The fraction of sp³-hybridized carbons (Fsp3) is 0.242. The van der Waals surface area contributed by atoms with E-state index in [4.69, 9.17) is 26.1 Å². The Kier molecular flexibility index (Phi) is 7.78. The van der Waals surface area contributed by atoms with Crippen LogP contribution in [0.3, 0.4) is 0 Å². The first-order valence-corrected chi connectivity index (χ1v) is 14.2. The second-order valence-corrected chi connectivity index (χ2v) is 12.2. The largest absolute Gasteiger partial charge is 0.481 e. The van der Waals surface area contributed by atoms with Gasteiger partial charge in [0.1, 0.15) is 11.1 Å². The Bertz CT molecular complexity index is 1700. The number of carbonyl (C=O) groups excluding carboxylic acids is 1. The monoisotopic (exact) mass is 570 g/mol. The molecule has 204 valence electrons. The maximum atomic E-state index is 13.0. The number of benzene rings is 3. The lowest BCUT2D eigenvalue weighted by molar-refractivity contribution is -0.138. The summed E-state index contributed by atoms with van der Waals surface area (Å²) in [7, 11) is 1.62. The zero-order valence-electron chi connectivity index (χ0n) is 23.4. The number of Topliss-reactive ketones (excluding diaryl/α,β-unsaturated/α-hetero) is 1. The van der Waals surface area contributed by atoms with Crippen LogP contribution in [0.15, 0.2) is 72.9 Å². The lowest BCUT2D eigenvalue weighted by Crippen LogP contribution is -2.27. The van der Waals surface area contributed by atoms with Gasteiger partial charge in [0.05, 0.1) is 22.9 Å². The summed E-state index contributed by atoms with van der Waals surface area (Å²) in [5.41, 5.74) is 6.97. The van der Waals surface area contributed by atoms with Crippen molar-refractivity contribution in [1.82, 2.24) is 9.97 Å². The number of hydrogen-bond acceptors (Lipinski definition) is 6. The summed E-state index contributed by atoms with van der Waals surface area (Å²) in [5, 5.41) is 1.53. The van der Waals surface area contributed by atoms with Gasteiger partial charge in [-0.25, -0.2) is 9.97 Å². The molecular formula is C33H31ClN2O3S. The van der Waals surface area contributed by atoms with Gasteiger partial charge in [-0.05, 0) is 87.7 Å². The third kappa shape index (κ3) is 5.66. The summed E-state index contributed by atoms with van der Waals surface area (Å²) in [6.45, 7) is 9.50. The summed E-state index contributed by atoms with van der Waals surface area (Å²) in [5.74, 6) is 0.527. The van der Waals surface area contributed by atoms with Gasteiger partial charge in [0, 0.05) is 33.5 Å². The number of ketones is 1. The topological polar surface area (TPSA) is 61.3 Å². The Labute approximate surface area is 243 Å². The summed E-state index contributed by atoms with van der Waals surface area (Å²) >= 11 is 7.86. The quantitative estimate of drug-likeness (QED) is 0.195. The third-order valence-corrected chi connectivity index (χ3v) is 7.94. The van der Waals surface area contributed by atoms with Crippen LogP contribution < -0.4 is 4.74 Å². The number of pyridine rings is 1. The van der Waals surface area contributed by atoms with E-state index >= 15 is 0 Å². The molecule has 1 atom stereocenters. The van der Waals surface area contributed by atoms with Gasteiger partial charge in [-0.3, -0.25) is 4.79 Å². The predicted octanol–water partition coefficient (Wildman–Crippen LogP) is 9.11. The van der Waals surface area contributed by atoms with Crippen LogP contribution in [0.2, 0.25) is 5.02 Å². The van der Waals surface area contributed by atoms with Gasteiger partial charge in [0.2, 0.25) is 5.88 Å². The van der Waals surface area contributed by atoms with Crippen molar-refractivity contribution in [3.63, 3.8) is 0 Å². The molecule has 2 aromatic heterocycles. The maximum Gasteiger partial charge on any atom is 0.221 e. The van der Waals surface area contributed by atoms with Crippen LogP contribution in [0.4, 0.5) is 0 Å². The Balaban J connectivity index is 1.74. The van der Waals surface area contributed by atoms with E-state index in [9.17, 15) is 4.79 Å². The van der Waals surface area contributed by atoms with E-state index < -0.39 is 11.7 Å². The van der Waals surface area contributed by atoms with Crippen LogP contribution in [-0.2, 0) is 9.53 Å². The minimum absolute atomic E-state index is 0.0459. The van der Waals surface area contributed by atoms with E-state index in [1.165, 1.54) is 0 Å². The molecule has 3 aromatic carbocycles. The molecule has 7 heteroatoms. The Morgan fingerprint density at radius 1 is 0.975 bits per heavy atom. The molecule has 40 heavy (non-hydrogen) atoms. The molecule has 5 rings (SSSR count). The molecule has 0 saturated heterocycles. The standard InChI is InChI=1S/C33H31ClN2O3S/c1-19-17-26-30(28(21-12-14-24(34)15-13-21)27(19)29(20(2)37)39-33(3,4)5)40-32(36-26)23-10-7-9-22(18-23)25-11-8-16-35-31(25)38-6/h7-18,29H,1-6H3/t29-/m1/s1. The van der Waals surface area contributed by atoms with E-state index in [1.54, 1.807) is 31.6 Å². The van der Waals surface area contributed by atoms with Crippen molar-refractivity contribution >= 4 is 38.9 Å². The van der Waals surface area contributed by atoms with Gasteiger partial charge in [-0.2, -0.15) is 0 Å². The average molecular weight is 571 g/mol. The first-order valence-electron chi connectivity index (χ1n) is 13.0. The molecule has 0 radical (unpaired) electrons. The van der Waals surface area contributed by atoms with Crippen molar-refractivity contribution in [3.05, 3.63) is 89.1 Å². The molecule has 0 unspecified atom stereocenters. The summed E-state index contributed by atoms with van der Waals surface area (Å²) in [6, 6.07) is 21.9. The maximum absolute atomic E-state index is 13.0. The van der Waals surface area contributed by atoms with E-state index in [0.29, 0.717) is 10.9 Å². The van der Waals surface area contributed by atoms with Crippen LogP contribution >= 0.6 is 22.9 Å². The van der Waals surface area contributed by atoms with Gasteiger partial charge in [0.15, 0.2) is 5.78 Å². The van der Waals surface area contributed by atoms with Crippen LogP contribution in [0, 0.1) is 6.92 Å². The molecule has 0 bridgehead atoms. The van der Waals surface area contributed by atoms with Gasteiger partial charge in [-0.1, -0.05) is 41.9 Å². The molecule has 0 aliphatic heterocycles. The molecular weight excluding hydrogens is 540 g/mol. The van der Waals surface area contributed by atoms with Crippen LogP contribution in [0.25, 0.3) is 43.0 Å². The number of nitrogens with zero attached hydrogens (tertiary/aromatic N) is 2. The van der Waals surface area contributed by atoms with Crippen molar-refractivity contribution in [2.24, 2.45) is 0 Å². The van der Waals surface area contributed by atoms with E-state index in [2.05, 4.69) is 23.2 Å². The average Bonchev–Trinajstić information content (AvgIpc) is 3.35. The zero-order valence-corrected chi connectivity index (χ0v) is 25.0. The van der Waals surface area contributed by atoms with Crippen LogP contribution in [0.1, 0.15) is 44.9 Å². The first-order chi connectivity index (χ1) is 19.1. The number of thiazole rings is 1. The van der Waals surface area contributed by atoms with Crippen molar-refractivity contribution < 1.29 is 14.3 Å². The second kappa shape index (κ2) is 11.1. The van der Waals surface area contributed by atoms with E-state index in [1.807, 2.05) is 76.2 Å². The zero-order chi connectivity index (χ0) is 28.6. The number of halogens is 1. The van der Waals surface area contributed by atoms with Gasteiger partial charge in [-0.15, -0.1) is 11.3 Å². The molecule has 0 fully saturated rings. The highest BCUT2D eigenvalue weighted by molar-refractivity contribution is 7.22. The molecule has 0 amide bonds. The molecule has 0 saturated carbocycles. The highest BCUT2D eigenvalue weighted by Crippen LogP contribution is 2.45. The molecule has 0 spiro atoms. The predicted molar refractivity (Wildman–Crippen MR) is 164 cm³/mol. The van der Waals surface area contributed by atoms with Crippen molar-refractivity contribution in [3.8, 4) is 38.7 Å². The molecule has 0 aliphatic rings. The fourth-order valence-corrected chi connectivity index (χ4v) is 6.11. The number of carbonyl (C=O) groups is 1. The van der Waals surface area contributed by atoms with Gasteiger partial charge >= 0.3 is 0 Å². The van der Waals surface area contributed by atoms with Gasteiger partial charge < -0.3 is 9.47 Å². The third-order valence-electron chi connectivity index (χ3n) is 6.55. The second-order valence-electron chi connectivity index (χ2n) is 10.7. The Hall–Kier alpha value is -3.58. The summed E-state index contributed by atoms with van der Waals surface area (Å²) in [6.07, 6.45) is 0.998. The minimum atomic E-state index is -0.720. The molecule has 2 heterocycles. The van der Waals surface area contributed by atoms with Crippen molar-refractivity contribution in [2.75, 3.05) is 7.11 Å². The normalized spacial score (nSPS) is 12.5. The SMILES string of the molecule is COc1ncccc1-c1cccc(-c2nc3cc(C)c([C@H](OC(C)(C)C)C(C)=O)c(-c4ccc(Cl)cc4)c3s2)c1. The Morgan fingerprint density at radius 3 is 2.38 bits per heavy atom. The summed E-state index contributed by atoms with van der Waals surface area (Å²) in [4.78, 5) is 22.4. The van der Waals surface area contributed by atoms with Crippen molar-refractivity contribution in [2.45, 2.75) is 46.3 Å². The van der Waals surface area contributed by atoms with Gasteiger partial charge in [0.25, 0.3) is 0 Å². The lowest BCUT2D eigenvalue weighted by Gasteiger charge is -2.29. The number of aromatic nitrogens is 2. The number of hydrogen-bond donors (Lipinski definition) is 0. The minimum Gasteiger partial charge on any atom is -0.481 e. The highest BCUT2D eigenvalue weighted by atomic mass is 35.5. The first kappa shape index (κ1) is 28.0. The van der Waals surface area contributed by atoms with E-state index in [-0.39, 0.29) is 5.78 Å². The number of rotatable bonds is 7. The highest BCUT2D eigenvalue weighted by Gasteiger charge is 2.30. The summed E-state index contributed by atoms with van der Waals surface area (Å²) < 4.78 is 12.9. The Morgan fingerprint density at radius 2 is 1.70 bits per heavy atom. The van der Waals surface area contributed by atoms with Crippen LogP contribution in [-0.4, -0.2) is 28.5 Å². The smallest absolute Gasteiger partial charge is 0.221 e. The van der Waals surface area contributed by atoms with Crippen molar-refractivity contribution in [1.29, 1.82) is 0 Å². The number of fused-ring (bicyclic) bond motifs is 1. The molecule has 5 aromatic rings. The molecule has 5 nitrogen and oxygen atoms in total. The number of ether oxygens (including phenoxy) is 2. The fourth-order valence-electron chi connectivity index (χ4n) is 4.87. The lowest BCUT2D eigenvalue weighted by atomic mass is 9.90. The number of methoxy groups -OCH3 is 1. The molecule has 0 aliphatic carbocycles. The van der Waals surface area contributed by atoms with Crippen LogP contribution in [0.5, 0.6) is 5.88 Å². The number of aryl methyl sites for hydroxylation is 1. The van der Waals surface area contributed by atoms with E-state index in [0.717, 1.165) is 54.2 Å².